The van der Waals surface area contributed by atoms with Gasteiger partial charge in [-0.2, -0.15) is 0 Å². The van der Waals surface area contributed by atoms with E-state index in [1.807, 2.05) is 57.2 Å². The number of hydrogen-bond acceptors (Lipinski definition) is 15. The van der Waals surface area contributed by atoms with Gasteiger partial charge in [0, 0.05) is 58.2 Å². The van der Waals surface area contributed by atoms with Crippen molar-refractivity contribution < 1.29 is 62.1 Å². The van der Waals surface area contributed by atoms with Crippen LogP contribution in [0.4, 0.5) is 0 Å². The zero-order valence-corrected chi connectivity index (χ0v) is 42.5. The van der Waals surface area contributed by atoms with Crippen LogP contribution in [0.1, 0.15) is 134 Å². The number of allylic oxidation sites excluding steroid dienone is 2. The van der Waals surface area contributed by atoms with Gasteiger partial charge in [0.2, 0.25) is 5.89 Å². The van der Waals surface area contributed by atoms with Crippen LogP contribution in [0.3, 0.4) is 0 Å². The Hall–Kier alpha value is -3.55. The molecule has 4 saturated heterocycles. The van der Waals surface area contributed by atoms with Crippen LogP contribution >= 0.6 is 15.9 Å². The van der Waals surface area contributed by atoms with E-state index in [4.69, 9.17) is 52.0 Å². The summed E-state index contributed by atoms with van der Waals surface area (Å²) in [6.45, 7) is 12.3. The number of fused-ring (bicyclic) bond motifs is 9. The van der Waals surface area contributed by atoms with E-state index in [-0.39, 0.29) is 79.6 Å². The highest BCUT2D eigenvalue weighted by molar-refractivity contribution is 9.11. The van der Waals surface area contributed by atoms with E-state index in [0.717, 1.165) is 29.6 Å². The molecule has 5 aliphatic heterocycles. The lowest BCUT2D eigenvalue weighted by Crippen LogP contribution is -2.51. The molecule has 5 aliphatic rings. The van der Waals surface area contributed by atoms with E-state index in [0.29, 0.717) is 68.6 Å². The lowest BCUT2D eigenvalue weighted by molar-refractivity contribution is -0.286. The van der Waals surface area contributed by atoms with Crippen LogP contribution in [-0.4, -0.2) is 118 Å². The fourth-order valence-electron chi connectivity index (χ4n) is 10.6. The zero-order chi connectivity index (χ0) is 49.2. The number of nitrogens with zero attached hydrogens (tertiary/aromatic N) is 2. The number of carbonyl (C=O) groups excluding carboxylic acids is 1. The molecular weight excluding hydrogens is 952 g/mol. The van der Waals surface area contributed by atoms with E-state index >= 15 is 0 Å². The van der Waals surface area contributed by atoms with E-state index in [1.54, 1.807) is 31.5 Å². The first-order chi connectivity index (χ1) is 33.1. The minimum atomic E-state index is -1.72. The zero-order valence-electron chi connectivity index (χ0n) is 41.0. The maximum absolute atomic E-state index is 13.6. The molecular formula is C53H73BrN2O13. The molecule has 0 spiro atoms. The van der Waals surface area contributed by atoms with Gasteiger partial charge in [-0.3, -0.25) is 4.79 Å². The highest BCUT2D eigenvalue weighted by Gasteiger charge is 2.45. The second-order valence-electron chi connectivity index (χ2n) is 19.8. The molecule has 4 fully saturated rings. The number of methoxy groups -OCH3 is 2. The molecule has 0 saturated carbocycles. The van der Waals surface area contributed by atoms with Gasteiger partial charge in [0.05, 0.1) is 67.5 Å². The maximum atomic E-state index is 13.6. The summed E-state index contributed by atoms with van der Waals surface area (Å²) in [5.41, 5.74) is 3.94. The normalized spacial score (nSPS) is 35.9. The number of hydrogen-bond donors (Lipinski definition) is 3. The Morgan fingerprint density at radius 2 is 1.84 bits per heavy atom. The molecule has 2 aromatic rings. The number of oxazole rings is 2. The average Bonchev–Trinajstić information content (AvgIpc) is 3.96. The molecule has 16 heteroatoms. The second-order valence-corrected chi connectivity index (χ2v) is 20.3. The summed E-state index contributed by atoms with van der Waals surface area (Å²) < 4.78 is 55.4. The number of carbonyl (C=O) groups is 1. The largest absolute Gasteiger partial charge is 0.462 e. The Morgan fingerprint density at radius 3 is 2.62 bits per heavy atom. The number of esters is 1. The fourth-order valence-corrected chi connectivity index (χ4v) is 10.8. The molecule has 8 bridgehead atoms. The van der Waals surface area contributed by atoms with Crippen LogP contribution in [0.5, 0.6) is 0 Å². The smallest absolute Gasteiger partial charge is 0.306 e. The van der Waals surface area contributed by atoms with Crippen molar-refractivity contribution in [1.29, 1.82) is 0 Å². The SMILES string of the molecule is C=C1C[C@@H]2C[C@@H]3C[C@@H](O)C[C@@H](O3)c3coc(n3)/C=C/C[C@H]3O[C@@H](/C(C)=C/c4coc(C[C@]5(O)C[C@H](OC)C[C@H]([C@H](O)/C=C(C)/C=C/[C@@H](C/C=C/Br)OC)O5)n4)[C@H](C)[C@@H](OC(=O)CCC[C@@H](C1)O2)[C@H]3C. The van der Waals surface area contributed by atoms with Crippen molar-refractivity contribution >= 4 is 34.1 Å². The highest BCUT2D eigenvalue weighted by atomic mass is 79.9. The third-order valence-electron chi connectivity index (χ3n) is 14.1. The van der Waals surface area contributed by atoms with E-state index in [9.17, 15) is 20.1 Å². The standard InChI is InChI=1S/C53H73BrN2O13/c1-31(16-17-38(61-6)12-10-18-54)21-44(58)47-26-42(62-7)27-53(60,69-47)28-49-55-36(29-63-49)22-33(3)51-35(5)52-34(4)45(67-51)13-9-14-48-56-43(30-64-48)46-24-37(57)23-41(66-46)25-40-20-32(2)19-39(65-40)11-8-15-50(59)68-52/h9-10,14,16-18,21-22,29-30,34-35,37-42,44-47,51-52,57-58,60H,2,8,11-13,15,19-20,23-28H2,1,3-7H3/b14-9+,17-16+,18-10+,31-21+,33-22+/t34-,35-,37+,38+,39-,40+,41-,42+,44+,45+,46+,47+,51-,52-,53-/m0/s1. The third kappa shape index (κ3) is 14.8. The Bertz CT molecular complexity index is 2160. The van der Waals surface area contributed by atoms with Gasteiger partial charge in [0.25, 0.3) is 0 Å². The van der Waals surface area contributed by atoms with Crippen LogP contribution in [-0.2, 0) is 44.4 Å². The maximum Gasteiger partial charge on any atom is 0.306 e. The average molecular weight is 1030 g/mol. The third-order valence-corrected chi connectivity index (χ3v) is 14.5. The summed E-state index contributed by atoms with van der Waals surface area (Å²) in [4.78, 5) is 24.9. The van der Waals surface area contributed by atoms with Crippen molar-refractivity contribution in [2.45, 2.75) is 190 Å². The summed E-state index contributed by atoms with van der Waals surface area (Å²) in [6.07, 6.45) is 17.7. The molecule has 3 N–H and O–H groups in total. The summed E-state index contributed by atoms with van der Waals surface area (Å²) in [6, 6.07) is 0. The van der Waals surface area contributed by atoms with Crippen LogP contribution in [0.25, 0.3) is 12.2 Å². The molecule has 15 atom stereocenters. The number of aliphatic hydroxyl groups is 3. The second kappa shape index (κ2) is 24.7. The van der Waals surface area contributed by atoms with Crippen molar-refractivity contribution in [2.75, 3.05) is 14.2 Å². The molecule has 0 aromatic carbocycles. The molecule has 2 aromatic heterocycles. The van der Waals surface area contributed by atoms with Crippen molar-refractivity contribution in [3.8, 4) is 0 Å². The molecule has 15 nitrogen and oxygen atoms in total. The van der Waals surface area contributed by atoms with Crippen LogP contribution in [0, 0.1) is 11.8 Å². The summed E-state index contributed by atoms with van der Waals surface area (Å²) in [7, 11) is 3.22. The van der Waals surface area contributed by atoms with Crippen LogP contribution < -0.4 is 0 Å². The first kappa shape index (κ1) is 53.3. The summed E-state index contributed by atoms with van der Waals surface area (Å²) in [5, 5.41) is 33.9. The molecule has 0 aliphatic carbocycles. The number of halogens is 1. The number of aliphatic hydroxyl groups excluding tert-OH is 2. The molecule has 7 heterocycles. The van der Waals surface area contributed by atoms with Crippen LogP contribution in [0.2, 0.25) is 0 Å². The van der Waals surface area contributed by atoms with Crippen molar-refractivity contribution in [3.05, 3.63) is 94.4 Å². The first-order valence-electron chi connectivity index (χ1n) is 24.6. The van der Waals surface area contributed by atoms with Crippen molar-refractivity contribution in [2.24, 2.45) is 11.8 Å². The van der Waals surface area contributed by atoms with E-state index in [2.05, 4.69) is 29.4 Å². The number of aromatic nitrogens is 2. The Kier molecular flexibility index (Phi) is 19.1. The Labute approximate surface area is 415 Å². The molecule has 7 rings (SSSR count). The topological polar surface area (TPSA) is 194 Å². The Balaban J connectivity index is 1.05. The van der Waals surface area contributed by atoms with Crippen molar-refractivity contribution in [1.82, 2.24) is 9.97 Å². The van der Waals surface area contributed by atoms with Crippen molar-refractivity contribution in [3.63, 3.8) is 0 Å². The van der Waals surface area contributed by atoms with E-state index in [1.165, 1.54) is 6.26 Å². The van der Waals surface area contributed by atoms with Gasteiger partial charge in [-0.15, -0.1) is 0 Å². The van der Waals surface area contributed by atoms with Gasteiger partial charge < -0.3 is 57.3 Å². The molecule has 0 amide bonds. The van der Waals surface area contributed by atoms with Gasteiger partial charge in [-0.1, -0.05) is 77.9 Å². The van der Waals surface area contributed by atoms with Gasteiger partial charge >= 0.3 is 5.97 Å². The lowest BCUT2D eigenvalue weighted by atomic mass is 9.79. The molecule has 380 valence electrons. The minimum Gasteiger partial charge on any atom is -0.462 e. The predicted octanol–water partition coefficient (Wildman–Crippen LogP) is 8.98. The van der Waals surface area contributed by atoms with E-state index < -0.39 is 42.4 Å². The summed E-state index contributed by atoms with van der Waals surface area (Å²) >= 11 is 3.29. The summed E-state index contributed by atoms with van der Waals surface area (Å²) in [5.74, 6) is -1.68. The minimum absolute atomic E-state index is 0.0663. The van der Waals surface area contributed by atoms with Gasteiger partial charge in [0.1, 0.15) is 36.1 Å². The quantitative estimate of drug-likeness (QED) is 0.104. The molecule has 69 heavy (non-hydrogen) atoms. The van der Waals surface area contributed by atoms with Gasteiger partial charge in [-0.25, -0.2) is 9.97 Å². The first-order valence-corrected chi connectivity index (χ1v) is 25.5. The lowest BCUT2D eigenvalue weighted by Gasteiger charge is -2.44. The monoisotopic (exact) mass is 1020 g/mol. The number of ether oxygens (including phenoxy) is 7. The highest BCUT2D eigenvalue weighted by Crippen LogP contribution is 2.40. The fraction of sp³-hybridized carbons (Fsp3) is 0.642. The van der Waals surface area contributed by atoms with Crippen LogP contribution in [0.15, 0.2) is 80.0 Å². The Morgan fingerprint density at radius 1 is 1.03 bits per heavy atom. The number of rotatable bonds is 12. The van der Waals surface area contributed by atoms with Gasteiger partial charge in [-0.05, 0) is 81.5 Å². The molecule has 0 radical (unpaired) electrons. The van der Waals surface area contributed by atoms with Gasteiger partial charge in [0.15, 0.2) is 11.7 Å². The molecule has 0 unspecified atom stereocenters. The predicted molar refractivity (Wildman–Crippen MR) is 261 cm³/mol.